The van der Waals surface area contributed by atoms with Gasteiger partial charge in [0, 0.05) is 43.2 Å². The summed E-state index contributed by atoms with van der Waals surface area (Å²) in [4.78, 5) is 68.7. The molecule has 2 heterocycles. The number of nitrogens with one attached hydrogen (secondary N) is 5. The number of benzene rings is 4. The summed E-state index contributed by atoms with van der Waals surface area (Å²) in [5, 5.41) is 22.8. The van der Waals surface area contributed by atoms with Gasteiger partial charge in [-0.15, -0.1) is 0 Å². The van der Waals surface area contributed by atoms with Crippen molar-refractivity contribution in [2.24, 2.45) is 17.4 Å². The van der Waals surface area contributed by atoms with Gasteiger partial charge < -0.3 is 52.4 Å². The number of nitrogens with zero attached hydrogens (tertiary/aromatic N) is 2. The lowest BCUT2D eigenvalue weighted by Crippen LogP contribution is -2.52. The summed E-state index contributed by atoms with van der Waals surface area (Å²) >= 11 is 0. The number of likely N-dealkylation sites (N-methyl/N-ethyl adjacent to an activating group) is 1. The minimum absolute atomic E-state index is 0.0303. The monoisotopic (exact) mass is 916 g/mol. The number of nitriles is 1. The van der Waals surface area contributed by atoms with E-state index in [1.54, 1.807) is 48.5 Å². The van der Waals surface area contributed by atoms with E-state index in [-0.39, 0.29) is 39.3 Å². The first-order valence-electron chi connectivity index (χ1n) is 23.0. The molecule has 5 amide bonds. The maximum atomic E-state index is 14.1. The van der Waals surface area contributed by atoms with Crippen LogP contribution < -0.4 is 47.5 Å². The number of rotatable bonds is 16. The zero-order valence-corrected chi connectivity index (χ0v) is 38.8. The molecular formula is C51H65N9O7. The molecule has 16 nitrogen and oxygen atoms in total. The highest BCUT2D eigenvalue weighted by Gasteiger charge is 2.32. The molecule has 4 aromatic rings. The molecule has 0 saturated carbocycles. The third-order valence-electron chi connectivity index (χ3n) is 11.6. The Morgan fingerprint density at radius 2 is 1.48 bits per heavy atom. The van der Waals surface area contributed by atoms with Crippen LogP contribution in [0.25, 0.3) is 22.3 Å². The molecule has 2 aliphatic rings. The number of carbonyl (C=O) groups is 5. The second kappa shape index (κ2) is 26.4. The van der Waals surface area contributed by atoms with Crippen molar-refractivity contribution >= 4 is 29.5 Å². The fourth-order valence-corrected chi connectivity index (χ4v) is 7.74. The molecule has 0 aliphatic carbocycles. The number of hydrogen-bond donors (Lipinski definition) is 7. The lowest BCUT2D eigenvalue weighted by Gasteiger charge is -2.29. The molecule has 4 bridgehead atoms. The van der Waals surface area contributed by atoms with Gasteiger partial charge in [-0.2, -0.15) is 5.26 Å². The first kappa shape index (κ1) is 51.2. The lowest BCUT2D eigenvalue weighted by atomic mass is 9.93. The van der Waals surface area contributed by atoms with Gasteiger partial charge in [0.2, 0.25) is 23.6 Å². The van der Waals surface area contributed by atoms with Gasteiger partial charge >= 0.3 is 0 Å². The van der Waals surface area contributed by atoms with Crippen LogP contribution in [0.3, 0.4) is 0 Å². The van der Waals surface area contributed by atoms with E-state index in [2.05, 4.69) is 64.7 Å². The van der Waals surface area contributed by atoms with Crippen molar-refractivity contribution in [2.75, 3.05) is 66.1 Å². The van der Waals surface area contributed by atoms with Gasteiger partial charge in [-0.3, -0.25) is 24.0 Å². The first-order valence-corrected chi connectivity index (χ1v) is 23.0. The van der Waals surface area contributed by atoms with Crippen LogP contribution in [0, 0.1) is 17.2 Å². The summed E-state index contributed by atoms with van der Waals surface area (Å²) in [7, 11) is 1.43. The van der Waals surface area contributed by atoms with Gasteiger partial charge in [-0.25, -0.2) is 0 Å². The molecule has 0 aromatic heterocycles. The molecule has 9 N–H and O–H groups in total. The van der Waals surface area contributed by atoms with Crippen LogP contribution in [0.15, 0.2) is 84.9 Å². The number of ether oxygens (including phenoxy) is 2. The van der Waals surface area contributed by atoms with Crippen molar-refractivity contribution in [1.82, 2.24) is 31.5 Å². The zero-order chi connectivity index (χ0) is 48.1. The number of piperidine rings is 1. The molecule has 1 fully saturated rings. The summed E-state index contributed by atoms with van der Waals surface area (Å²) in [5.41, 5.74) is 17.2. The van der Waals surface area contributed by atoms with Crippen molar-refractivity contribution in [3.63, 3.8) is 0 Å². The number of amides is 5. The van der Waals surface area contributed by atoms with Crippen LogP contribution >= 0.6 is 0 Å². The van der Waals surface area contributed by atoms with Crippen molar-refractivity contribution in [2.45, 2.75) is 64.5 Å². The lowest BCUT2D eigenvalue weighted by molar-refractivity contribution is -0.139. The molecule has 4 aromatic carbocycles. The largest absolute Gasteiger partial charge is 0.492 e. The second-order valence-electron chi connectivity index (χ2n) is 16.7. The normalized spacial score (nSPS) is 16.1. The Hall–Kier alpha value is -6.80. The number of carbonyl (C=O) groups excluding carboxylic acids is 5. The van der Waals surface area contributed by atoms with E-state index in [9.17, 15) is 24.0 Å². The molecule has 67 heavy (non-hydrogen) atoms. The molecule has 1 saturated heterocycles. The number of fused-ring (bicyclic) bond motifs is 5. The van der Waals surface area contributed by atoms with Gasteiger partial charge in [0.25, 0.3) is 5.91 Å². The summed E-state index contributed by atoms with van der Waals surface area (Å²) in [6, 6.07) is 25.1. The number of hydrogen-bond acceptors (Lipinski definition) is 11. The van der Waals surface area contributed by atoms with E-state index in [4.69, 9.17) is 26.2 Å². The molecule has 6 rings (SSSR count). The van der Waals surface area contributed by atoms with E-state index in [1.807, 2.05) is 18.2 Å². The molecule has 2 unspecified atom stereocenters. The molecule has 356 valence electrons. The average Bonchev–Trinajstić information content (AvgIpc) is 3.35. The quantitative estimate of drug-likeness (QED) is 0.0799. The average molecular weight is 916 g/mol. The molecule has 2 atom stereocenters. The molecule has 2 aliphatic heterocycles. The summed E-state index contributed by atoms with van der Waals surface area (Å²) in [6.07, 6.45) is 6.06. The third kappa shape index (κ3) is 15.1. The second-order valence-corrected chi connectivity index (χ2v) is 16.7. The van der Waals surface area contributed by atoms with Crippen molar-refractivity contribution in [1.29, 1.82) is 5.26 Å². The molecular weight excluding hydrogens is 851 g/mol. The minimum atomic E-state index is -1.30. The maximum Gasteiger partial charge on any atom is 0.251 e. The van der Waals surface area contributed by atoms with Crippen molar-refractivity contribution in [3.05, 3.63) is 107 Å². The number of nitrogens with two attached hydrogens (primary N) is 2. The van der Waals surface area contributed by atoms with Crippen molar-refractivity contribution < 1.29 is 33.4 Å². The Bertz CT molecular complexity index is 2330. The fourth-order valence-electron chi connectivity index (χ4n) is 7.74. The van der Waals surface area contributed by atoms with Gasteiger partial charge in [0.05, 0.1) is 19.2 Å². The van der Waals surface area contributed by atoms with Crippen LogP contribution in [0.2, 0.25) is 0 Å². The summed E-state index contributed by atoms with van der Waals surface area (Å²) in [5.74, 6) is -1.27. The van der Waals surface area contributed by atoms with Gasteiger partial charge in [-0.1, -0.05) is 68.8 Å². The van der Waals surface area contributed by atoms with E-state index >= 15 is 0 Å². The SMILES string of the molecule is CC1CCNCC1.CCCCc1ccc(-c2ccc(C(=O)NCC(=O)N(C)C3C(=O)NCC(=O)NC(C(=O)NCC#N)Cc4ccc(OCCN)c(c4)-c4cc3ccc4OCCN)cc2)cc1. The smallest absolute Gasteiger partial charge is 0.251 e. The predicted molar refractivity (Wildman–Crippen MR) is 258 cm³/mol. The van der Waals surface area contributed by atoms with Crippen LogP contribution in [-0.4, -0.2) is 107 Å². The molecule has 0 spiro atoms. The standard InChI is InChI=1S/C45H52N8O7.C6H13N/c1-3-4-5-29-6-9-31(10-7-29)32-11-13-33(14-12-32)43(56)51-28-41(55)53(2)42-34-15-17-39(60-23-20-48)36(26-34)35-24-30(8-16-38(35)59-22-19-47)25-37(44(57)49-21-18-46)52-40(54)27-50-45(42)58;1-6-2-4-7-5-3-6/h6-17,24,26,37,42H,3-5,19-23,25,27-28,47-48H2,1-2H3,(H,49,57)(H,50,58)(H,51,56)(H,52,54);6-7H,2-5H2,1H3. The van der Waals surface area contributed by atoms with Crippen LogP contribution in [0.5, 0.6) is 11.5 Å². The Morgan fingerprint density at radius 3 is 2.07 bits per heavy atom. The Labute approximate surface area is 393 Å². The number of unbranched alkanes of at least 4 members (excludes halogenated alkanes) is 1. The predicted octanol–water partition coefficient (Wildman–Crippen LogP) is 3.77. The number of aryl methyl sites for hydroxylation is 1. The maximum absolute atomic E-state index is 14.1. The van der Waals surface area contributed by atoms with E-state index < -0.39 is 54.7 Å². The first-order chi connectivity index (χ1) is 32.5. The third-order valence-corrected chi connectivity index (χ3v) is 11.6. The fraction of sp³-hybridized carbons (Fsp3) is 0.412. The minimum Gasteiger partial charge on any atom is -0.492 e. The Morgan fingerprint density at radius 1 is 0.851 bits per heavy atom. The van der Waals surface area contributed by atoms with Gasteiger partial charge in [0.15, 0.2) is 0 Å². The van der Waals surface area contributed by atoms with Crippen LogP contribution in [0.4, 0.5) is 0 Å². The van der Waals surface area contributed by atoms with E-state index in [1.165, 1.54) is 43.4 Å². The molecule has 16 heteroatoms. The van der Waals surface area contributed by atoms with Gasteiger partial charge in [0.1, 0.15) is 43.3 Å². The van der Waals surface area contributed by atoms with E-state index in [0.717, 1.165) is 36.3 Å². The highest BCUT2D eigenvalue weighted by Crippen LogP contribution is 2.40. The van der Waals surface area contributed by atoms with Crippen LogP contribution in [0.1, 0.15) is 72.6 Å². The Balaban J connectivity index is 0.00000110. The van der Waals surface area contributed by atoms with Gasteiger partial charge in [-0.05, 0) is 109 Å². The Kier molecular flexibility index (Phi) is 20.1. The molecule has 0 radical (unpaired) electrons. The van der Waals surface area contributed by atoms with Crippen molar-refractivity contribution in [3.8, 4) is 39.8 Å². The highest BCUT2D eigenvalue weighted by molar-refractivity contribution is 5.98. The summed E-state index contributed by atoms with van der Waals surface area (Å²) < 4.78 is 12.1. The topological polar surface area (TPSA) is 243 Å². The summed E-state index contributed by atoms with van der Waals surface area (Å²) in [6.45, 7) is 6.47. The zero-order valence-electron chi connectivity index (χ0n) is 38.8. The van der Waals surface area contributed by atoms with E-state index in [0.29, 0.717) is 39.3 Å². The highest BCUT2D eigenvalue weighted by atomic mass is 16.5. The van der Waals surface area contributed by atoms with Crippen LogP contribution in [-0.2, 0) is 32.0 Å².